The molecule has 2 atom stereocenters. The lowest BCUT2D eigenvalue weighted by molar-refractivity contribution is 0.588. The summed E-state index contributed by atoms with van der Waals surface area (Å²) in [4.78, 5) is 0.275. The van der Waals surface area contributed by atoms with Crippen molar-refractivity contribution in [1.82, 2.24) is 4.72 Å². The molecule has 0 radical (unpaired) electrons. The first kappa shape index (κ1) is 13.3. The molecular weight excluding hydrogens is 250 g/mol. The monoisotopic (exact) mass is 269 g/mol. The van der Waals surface area contributed by atoms with Crippen molar-refractivity contribution in [3.8, 4) is 0 Å². The molecule has 2 unspecified atom stereocenters. The fraction of sp³-hybridized carbons (Fsp3) is 0.500. The molecule has 100 valence electrons. The molecule has 1 aliphatic carbocycles. The zero-order valence-electron chi connectivity index (χ0n) is 10.4. The second-order valence-electron chi connectivity index (χ2n) is 4.65. The Morgan fingerprint density at radius 2 is 2.11 bits per heavy atom. The van der Waals surface area contributed by atoms with Gasteiger partial charge in [-0.15, -0.1) is 0 Å². The molecule has 1 fully saturated rings. The molecule has 6 heteroatoms. The molecule has 2 rings (SSSR count). The van der Waals surface area contributed by atoms with Crippen molar-refractivity contribution in [2.45, 2.75) is 36.2 Å². The molecule has 1 aromatic carbocycles. The number of benzene rings is 1. The molecule has 0 spiro atoms. The molecule has 0 aliphatic heterocycles. The molecule has 1 aromatic rings. The Morgan fingerprint density at radius 1 is 1.33 bits per heavy atom. The standard InChI is InChI=1S/C12H19N3O2S/c1-14-18(16,17)12-4-2-3-10(8-12)15-11-6-5-9(13)7-11/h2-4,8-9,11,14-15H,5-7,13H2,1H3. The third kappa shape index (κ3) is 3.01. The first-order valence-electron chi connectivity index (χ1n) is 6.07. The summed E-state index contributed by atoms with van der Waals surface area (Å²) < 4.78 is 25.7. The van der Waals surface area contributed by atoms with Gasteiger partial charge in [0, 0.05) is 17.8 Å². The van der Waals surface area contributed by atoms with Crippen LogP contribution in [-0.4, -0.2) is 27.5 Å². The van der Waals surface area contributed by atoms with E-state index >= 15 is 0 Å². The van der Waals surface area contributed by atoms with Crippen LogP contribution < -0.4 is 15.8 Å². The van der Waals surface area contributed by atoms with E-state index in [1.165, 1.54) is 7.05 Å². The maximum Gasteiger partial charge on any atom is 0.240 e. The van der Waals surface area contributed by atoms with Crippen LogP contribution in [-0.2, 0) is 10.0 Å². The minimum absolute atomic E-state index is 0.256. The van der Waals surface area contributed by atoms with Crippen LogP contribution in [0.25, 0.3) is 0 Å². The van der Waals surface area contributed by atoms with Gasteiger partial charge < -0.3 is 11.1 Å². The molecule has 0 saturated heterocycles. The van der Waals surface area contributed by atoms with Gasteiger partial charge in [0.25, 0.3) is 0 Å². The summed E-state index contributed by atoms with van der Waals surface area (Å²) in [5.41, 5.74) is 6.68. The Bertz CT molecular complexity index is 516. The molecule has 0 aromatic heterocycles. The Labute approximate surface area is 108 Å². The van der Waals surface area contributed by atoms with E-state index in [-0.39, 0.29) is 10.9 Å². The van der Waals surface area contributed by atoms with Crippen LogP contribution in [0.5, 0.6) is 0 Å². The zero-order valence-corrected chi connectivity index (χ0v) is 11.2. The smallest absolute Gasteiger partial charge is 0.240 e. The van der Waals surface area contributed by atoms with Gasteiger partial charge in [-0.2, -0.15) is 0 Å². The molecule has 4 N–H and O–H groups in total. The van der Waals surface area contributed by atoms with Crippen molar-refractivity contribution in [2.24, 2.45) is 5.73 Å². The van der Waals surface area contributed by atoms with E-state index in [1.54, 1.807) is 18.2 Å². The van der Waals surface area contributed by atoms with Crippen LogP contribution in [0.2, 0.25) is 0 Å². The molecular formula is C12H19N3O2S. The van der Waals surface area contributed by atoms with Crippen molar-refractivity contribution in [2.75, 3.05) is 12.4 Å². The minimum atomic E-state index is -3.38. The average Bonchev–Trinajstić information content (AvgIpc) is 2.75. The second kappa shape index (κ2) is 5.26. The highest BCUT2D eigenvalue weighted by molar-refractivity contribution is 7.89. The lowest BCUT2D eigenvalue weighted by Crippen LogP contribution is -2.21. The predicted octanol–water partition coefficient (Wildman–Crippen LogP) is 0.886. The Morgan fingerprint density at radius 3 is 2.72 bits per heavy atom. The van der Waals surface area contributed by atoms with Crippen molar-refractivity contribution in [1.29, 1.82) is 0 Å². The van der Waals surface area contributed by atoms with E-state index in [4.69, 9.17) is 5.73 Å². The fourth-order valence-corrected chi connectivity index (χ4v) is 3.03. The van der Waals surface area contributed by atoms with Crippen LogP contribution in [0.4, 0.5) is 5.69 Å². The average molecular weight is 269 g/mol. The molecule has 0 heterocycles. The number of hydrogen-bond acceptors (Lipinski definition) is 4. The van der Waals surface area contributed by atoms with Crippen LogP contribution in [0, 0.1) is 0 Å². The summed E-state index contributed by atoms with van der Waals surface area (Å²) in [6, 6.07) is 7.44. The molecule has 18 heavy (non-hydrogen) atoms. The summed E-state index contributed by atoms with van der Waals surface area (Å²) in [6.45, 7) is 0. The van der Waals surface area contributed by atoms with Crippen molar-refractivity contribution >= 4 is 15.7 Å². The third-order valence-corrected chi connectivity index (χ3v) is 4.67. The summed E-state index contributed by atoms with van der Waals surface area (Å²) >= 11 is 0. The lowest BCUT2D eigenvalue weighted by Gasteiger charge is -2.14. The number of nitrogens with one attached hydrogen (secondary N) is 2. The van der Waals surface area contributed by atoms with Crippen LogP contribution in [0.15, 0.2) is 29.2 Å². The Kier molecular flexibility index (Phi) is 3.89. The number of rotatable bonds is 4. The highest BCUT2D eigenvalue weighted by Gasteiger charge is 2.21. The summed E-state index contributed by atoms with van der Waals surface area (Å²) in [6.07, 6.45) is 2.99. The van der Waals surface area contributed by atoms with Gasteiger partial charge in [-0.25, -0.2) is 13.1 Å². The van der Waals surface area contributed by atoms with Gasteiger partial charge >= 0.3 is 0 Å². The third-order valence-electron chi connectivity index (χ3n) is 3.26. The summed E-state index contributed by atoms with van der Waals surface area (Å²) in [5.74, 6) is 0. The summed E-state index contributed by atoms with van der Waals surface area (Å²) in [5, 5.41) is 3.34. The Hall–Kier alpha value is -1.11. The number of nitrogens with two attached hydrogens (primary N) is 1. The predicted molar refractivity (Wildman–Crippen MR) is 71.9 cm³/mol. The molecule has 5 nitrogen and oxygen atoms in total. The van der Waals surface area contributed by atoms with E-state index in [2.05, 4.69) is 10.0 Å². The first-order chi connectivity index (χ1) is 8.51. The number of hydrogen-bond donors (Lipinski definition) is 3. The van der Waals surface area contributed by atoms with Crippen LogP contribution in [0.3, 0.4) is 0 Å². The van der Waals surface area contributed by atoms with E-state index in [9.17, 15) is 8.42 Å². The number of sulfonamides is 1. The Balaban J connectivity index is 2.13. The van der Waals surface area contributed by atoms with Gasteiger partial charge in [-0.3, -0.25) is 0 Å². The van der Waals surface area contributed by atoms with Crippen molar-refractivity contribution in [3.05, 3.63) is 24.3 Å². The van der Waals surface area contributed by atoms with E-state index < -0.39 is 10.0 Å². The quantitative estimate of drug-likeness (QED) is 0.758. The minimum Gasteiger partial charge on any atom is -0.382 e. The SMILES string of the molecule is CNS(=O)(=O)c1cccc(NC2CCC(N)C2)c1. The van der Waals surface area contributed by atoms with Crippen LogP contribution >= 0.6 is 0 Å². The van der Waals surface area contributed by atoms with E-state index in [1.807, 2.05) is 6.07 Å². The van der Waals surface area contributed by atoms with Gasteiger partial charge in [0.1, 0.15) is 0 Å². The first-order valence-corrected chi connectivity index (χ1v) is 7.55. The zero-order chi connectivity index (χ0) is 13.2. The van der Waals surface area contributed by atoms with Gasteiger partial charge in [0.15, 0.2) is 0 Å². The van der Waals surface area contributed by atoms with Gasteiger partial charge in [-0.05, 0) is 44.5 Å². The molecule has 0 bridgehead atoms. The molecule has 1 aliphatic rings. The van der Waals surface area contributed by atoms with Crippen molar-refractivity contribution in [3.63, 3.8) is 0 Å². The van der Waals surface area contributed by atoms with Gasteiger partial charge in [0.05, 0.1) is 4.90 Å². The fourth-order valence-electron chi connectivity index (χ4n) is 2.25. The van der Waals surface area contributed by atoms with Gasteiger partial charge in [-0.1, -0.05) is 6.07 Å². The van der Waals surface area contributed by atoms with Gasteiger partial charge in [0.2, 0.25) is 10.0 Å². The van der Waals surface area contributed by atoms with E-state index in [0.717, 1.165) is 24.9 Å². The van der Waals surface area contributed by atoms with E-state index in [0.29, 0.717) is 6.04 Å². The normalized spacial score (nSPS) is 24.1. The highest BCUT2D eigenvalue weighted by Crippen LogP contribution is 2.23. The largest absolute Gasteiger partial charge is 0.382 e. The molecule has 0 amide bonds. The second-order valence-corrected chi connectivity index (χ2v) is 6.54. The van der Waals surface area contributed by atoms with Crippen molar-refractivity contribution < 1.29 is 8.42 Å². The topological polar surface area (TPSA) is 84.2 Å². The lowest BCUT2D eigenvalue weighted by atomic mass is 10.2. The highest BCUT2D eigenvalue weighted by atomic mass is 32.2. The summed E-state index contributed by atoms with van der Waals surface area (Å²) in [7, 11) is -1.97. The maximum absolute atomic E-state index is 11.7. The maximum atomic E-state index is 11.7. The number of anilines is 1. The molecule has 1 saturated carbocycles. The van der Waals surface area contributed by atoms with Crippen LogP contribution in [0.1, 0.15) is 19.3 Å².